The molecule has 0 spiro atoms. The average molecular weight is 525 g/mol. The van der Waals surface area contributed by atoms with Crippen LogP contribution in [0.2, 0.25) is 0 Å². The third kappa shape index (κ3) is 7.09. The summed E-state index contributed by atoms with van der Waals surface area (Å²) in [4.78, 5) is 34.7. The number of amides is 2. The number of carbonyl (C=O) groups excluding carboxylic acids is 2. The summed E-state index contributed by atoms with van der Waals surface area (Å²) in [5.41, 5.74) is 2.14. The predicted molar refractivity (Wildman–Crippen MR) is 145 cm³/mol. The fourth-order valence-electron chi connectivity index (χ4n) is 5.08. The zero-order chi connectivity index (χ0) is 27.1. The van der Waals surface area contributed by atoms with E-state index in [2.05, 4.69) is 35.1 Å². The van der Waals surface area contributed by atoms with Crippen LogP contribution in [0.3, 0.4) is 0 Å². The molecule has 2 aliphatic rings. The lowest BCUT2D eigenvalue weighted by Crippen LogP contribution is -2.46. The Morgan fingerprint density at radius 3 is 2.68 bits per heavy atom. The van der Waals surface area contributed by atoms with E-state index >= 15 is 0 Å². The van der Waals surface area contributed by atoms with Crippen molar-refractivity contribution < 1.29 is 23.8 Å². The predicted octanol–water partition coefficient (Wildman–Crippen LogP) is 3.45. The van der Waals surface area contributed by atoms with Crippen LogP contribution in [-0.4, -0.2) is 85.8 Å². The van der Waals surface area contributed by atoms with Crippen molar-refractivity contribution in [1.29, 1.82) is 0 Å². The van der Waals surface area contributed by atoms with E-state index in [0.717, 1.165) is 18.7 Å². The second kappa shape index (κ2) is 13.2. The van der Waals surface area contributed by atoms with Gasteiger partial charge >= 0.3 is 0 Å². The summed E-state index contributed by atoms with van der Waals surface area (Å²) < 4.78 is 17.5. The van der Waals surface area contributed by atoms with Gasteiger partial charge in [-0.3, -0.25) is 19.5 Å². The number of benzene rings is 1. The average Bonchev–Trinajstić information content (AvgIpc) is 2.94. The number of anilines is 1. The van der Waals surface area contributed by atoms with Gasteiger partial charge in [0.25, 0.3) is 5.91 Å². The van der Waals surface area contributed by atoms with Gasteiger partial charge in [-0.05, 0) is 55.5 Å². The largest absolute Gasteiger partial charge is 0.491 e. The molecule has 0 bridgehead atoms. The van der Waals surface area contributed by atoms with Crippen LogP contribution in [0.15, 0.2) is 42.7 Å². The fourth-order valence-corrected chi connectivity index (χ4v) is 5.08. The lowest BCUT2D eigenvalue weighted by molar-refractivity contribution is -0.122. The van der Waals surface area contributed by atoms with Crippen molar-refractivity contribution in [3.8, 4) is 5.75 Å². The Labute approximate surface area is 225 Å². The maximum absolute atomic E-state index is 13.6. The van der Waals surface area contributed by atoms with Crippen LogP contribution in [0.25, 0.3) is 0 Å². The van der Waals surface area contributed by atoms with Gasteiger partial charge in [0, 0.05) is 77.0 Å². The Balaban J connectivity index is 1.59. The molecule has 1 saturated heterocycles. The summed E-state index contributed by atoms with van der Waals surface area (Å²) in [5.74, 6) is 0.364. The Morgan fingerprint density at radius 1 is 1.18 bits per heavy atom. The second-order valence-corrected chi connectivity index (χ2v) is 10.5. The molecule has 2 amide bonds. The van der Waals surface area contributed by atoms with E-state index in [1.54, 1.807) is 43.5 Å². The first-order valence-corrected chi connectivity index (χ1v) is 13.4. The molecule has 38 heavy (non-hydrogen) atoms. The van der Waals surface area contributed by atoms with Gasteiger partial charge in [0.2, 0.25) is 5.91 Å². The molecule has 1 aromatic heterocycles. The van der Waals surface area contributed by atoms with Crippen molar-refractivity contribution >= 4 is 17.5 Å². The number of nitrogens with one attached hydrogen (secondary N) is 1. The van der Waals surface area contributed by atoms with E-state index < -0.39 is 0 Å². The van der Waals surface area contributed by atoms with E-state index in [-0.39, 0.29) is 35.8 Å². The summed E-state index contributed by atoms with van der Waals surface area (Å²) in [5, 5.41) is 2.99. The monoisotopic (exact) mass is 524 g/mol. The minimum atomic E-state index is -0.170. The van der Waals surface area contributed by atoms with Gasteiger partial charge < -0.3 is 24.4 Å². The number of methoxy groups -OCH3 is 1. The maximum atomic E-state index is 13.6. The molecule has 0 radical (unpaired) electrons. The quantitative estimate of drug-likeness (QED) is 0.640. The highest BCUT2D eigenvalue weighted by molar-refractivity contribution is 5.99. The molecule has 206 valence electrons. The number of aromatic nitrogens is 1. The zero-order valence-electron chi connectivity index (χ0n) is 22.9. The van der Waals surface area contributed by atoms with Crippen LogP contribution in [-0.2, 0) is 20.8 Å². The van der Waals surface area contributed by atoms with Gasteiger partial charge in [-0.15, -0.1) is 0 Å². The van der Waals surface area contributed by atoms with Crippen molar-refractivity contribution in [1.82, 2.24) is 14.8 Å². The summed E-state index contributed by atoms with van der Waals surface area (Å²) in [6, 6.07) is 9.40. The molecule has 0 saturated carbocycles. The molecule has 0 aliphatic carbocycles. The Bertz CT molecular complexity index is 1080. The molecule has 4 rings (SSSR count). The molecular weight excluding hydrogens is 484 g/mol. The zero-order valence-corrected chi connectivity index (χ0v) is 22.9. The lowest BCUT2D eigenvalue weighted by atomic mass is 9.99. The summed E-state index contributed by atoms with van der Waals surface area (Å²) in [6.45, 7) is 7.82. The van der Waals surface area contributed by atoms with Gasteiger partial charge in [0.15, 0.2) is 0 Å². The van der Waals surface area contributed by atoms with E-state index in [4.69, 9.17) is 14.2 Å². The minimum absolute atomic E-state index is 0.0453. The van der Waals surface area contributed by atoms with Crippen LogP contribution in [0, 0.1) is 11.8 Å². The summed E-state index contributed by atoms with van der Waals surface area (Å²) >= 11 is 0. The van der Waals surface area contributed by atoms with Crippen LogP contribution in [0.5, 0.6) is 5.75 Å². The second-order valence-electron chi connectivity index (χ2n) is 10.5. The molecule has 1 fully saturated rings. The van der Waals surface area contributed by atoms with Gasteiger partial charge in [0.1, 0.15) is 12.4 Å². The number of rotatable bonds is 5. The lowest BCUT2D eigenvalue weighted by Gasteiger charge is -2.36. The molecule has 1 aromatic carbocycles. The molecule has 9 heteroatoms. The minimum Gasteiger partial charge on any atom is -0.491 e. The van der Waals surface area contributed by atoms with Crippen LogP contribution < -0.4 is 10.1 Å². The number of hydrogen-bond acceptors (Lipinski definition) is 7. The number of carbonyl (C=O) groups is 2. The normalized spacial score (nSPS) is 24.1. The molecule has 2 aliphatic heterocycles. The first-order chi connectivity index (χ1) is 18.4. The van der Waals surface area contributed by atoms with Crippen molar-refractivity contribution in [2.45, 2.75) is 45.4 Å². The molecule has 9 nitrogen and oxygen atoms in total. The van der Waals surface area contributed by atoms with Gasteiger partial charge in [-0.2, -0.15) is 0 Å². The molecule has 3 heterocycles. The molecule has 0 unspecified atom stereocenters. The van der Waals surface area contributed by atoms with Crippen molar-refractivity contribution in [2.75, 3.05) is 52.4 Å². The highest BCUT2D eigenvalue weighted by Crippen LogP contribution is 2.27. The number of fused-ring (bicyclic) bond motifs is 1. The third-order valence-electron chi connectivity index (χ3n) is 7.54. The molecule has 1 N–H and O–H groups in total. The SMILES string of the molecule is CO[C@@H]1CN(C)C(=O)c2cc(NC(=O)C3CCOCC3)ccc2OC[C@@H](C)N(Cc2cccnc2)C[C@@H]1C. The van der Waals surface area contributed by atoms with E-state index in [0.29, 0.717) is 56.2 Å². The van der Waals surface area contributed by atoms with Crippen LogP contribution in [0.4, 0.5) is 5.69 Å². The van der Waals surface area contributed by atoms with Crippen LogP contribution in [0.1, 0.15) is 42.6 Å². The van der Waals surface area contributed by atoms with Gasteiger partial charge in [0.05, 0.1) is 11.7 Å². The number of pyridine rings is 1. The summed E-state index contributed by atoms with van der Waals surface area (Å²) in [7, 11) is 3.47. The molecule has 2 aromatic rings. The third-order valence-corrected chi connectivity index (χ3v) is 7.54. The van der Waals surface area contributed by atoms with Gasteiger partial charge in [-0.1, -0.05) is 13.0 Å². The van der Waals surface area contributed by atoms with E-state index in [1.807, 2.05) is 12.3 Å². The highest BCUT2D eigenvalue weighted by atomic mass is 16.5. The standard InChI is InChI=1S/C29H40N4O5/c1-20-16-33(17-22-6-5-11-30-15-22)21(2)19-38-26-8-7-24(31-28(34)23-9-12-37-13-10-23)14-25(26)29(35)32(3)18-27(20)36-4/h5-8,11,14-15,20-21,23,27H,9-10,12-13,16-19H2,1-4H3,(H,31,34)/t20-,21+,27+/m0/s1. The first-order valence-electron chi connectivity index (χ1n) is 13.4. The summed E-state index contributed by atoms with van der Waals surface area (Å²) in [6.07, 6.45) is 4.92. The Kier molecular flexibility index (Phi) is 9.71. The van der Waals surface area contributed by atoms with Gasteiger partial charge in [-0.25, -0.2) is 0 Å². The molecule has 3 atom stereocenters. The Hall–Kier alpha value is -3.01. The topological polar surface area (TPSA) is 93.2 Å². The van der Waals surface area contributed by atoms with Crippen molar-refractivity contribution in [3.05, 3.63) is 53.9 Å². The number of hydrogen-bond donors (Lipinski definition) is 1. The first kappa shape index (κ1) is 28.0. The van der Waals surface area contributed by atoms with Crippen LogP contribution >= 0.6 is 0 Å². The van der Waals surface area contributed by atoms with Crippen molar-refractivity contribution in [3.63, 3.8) is 0 Å². The highest BCUT2D eigenvalue weighted by Gasteiger charge is 2.29. The molecular formula is C29H40N4O5. The fraction of sp³-hybridized carbons (Fsp3) is 0.552. The number of ether oxygens (including phenoxy) is 3. The van der Waals surface area contributed by atoms with Crippen molar-refractivity contribution in [2.24, 2.45) is 11.8 Å². The van der Waals surface area contributed by atoms with E-state index in [1.165, 1.54) is 0 Å². The number of nitrogens with zero attached hydrogens (tertiary/aromatic N) is 3. The Morgan fingerprint density at radius 2 is 1.97 bits per heavy atom. The maximum Gasteiger partial charge on any atom is 0.257 e. The smallest absolute Gasteiger partial charge is 0.257 e. The van der Waals surface area contributed by atoms with E-state index in [9.17, 15) is 9.59 Å². The number of likely N-dealkylation sites (N-methyl/N-ethyl adjacent to an activating group) is 1.